The number of hydrogen-bond acceptors (Lipinski definition) is 2. The van der Waals surface area contributed by atoms with E-state index in [1.54, 1.807) is 0 Å². The highest BCUT2D eigenvalue weighted by Crippen LogP contribution is 2.29. The van der Waals surface area contributed by atoms with Gasteiger partial charge in [-0.05, 0) is 50.2 Å². The van der Waals surface area contributed by atoms with E-state index < -0.39 is 0 Å². The minimum absolute atomic E-state index is 0.610. The minimum Gasteiger partial charge on any atom is -0.368 e. The Hall–Kier alpha value is -1.61. The number of pyridine rings is 1. The largest absolute Gasteiger partial charge is 0.368 e. The maximum Gasteiger partial charge on any atom is 0.0360 e. The lowest BCUT2D eigenvalue weighted by molar-refractivity contribution is 0.317. The van der Waals surface area contributed by atoms with E-state index in [1.165, 1.54) is 24.9 Å². The minimum atomic E-state index is 0.610. The molecule has 90 valence electrons. The van der Waals surface area contributed by atoms with Crippen molar-refractivity contribution in [3.8, 4) is 0 Å². The highest BCUT2D eigenvalue weighted by Gasteiger charge is 2.21. The molecule has 0 aliphatic carbocycles. The van der Waals surface area contributed by atoms with Crippen LogP contribution in [0.5, 0.6) is 0 Å². The van der Waals surface area contributed by atoms with Crippen LogP contribution in [0.2, 0.25) is 0 Å². The molecule has 0 radical (unpaired) electrons. The third-order valence-corrected chi connectivity index (χ3v) is 3.09. The van der Waals surface area contributed by atoms with Gasteiger partial charge in [-0.15, -0.1) is 0 Å². The molecule has 3 nitrogen and oxygen atoms in total. The Bertz CT molecular complexity index is 379. The van der Waals surface area contributed by atoms with Gasteiger partial charge in [-0.25, -0.2) is 0 Å². The molecule has 2 aromatic rings. The van der Waals surface area contributed by atoms with E-state index in [-0.39, 0.29) is 0 Å². The van der Waals surface area contributed by atoms with E-state index in [0.29, 0.717) is 6.04 Å². The summed E-state index contributed by atoms with van der Waals surface area (Å²) in [5.74, 6) is 0. The van der Waals surface area contributed by atoms with Gasteiger partial charge in [0.15, 0.2) is 0 Å². The summed E-state index contributed by atoms with van der Waals surface area (Å²) in [7, 11) is 2.19. The molecule has 3 rings (SSSR count). The average molecular weight is 229 g/mol. The summed E-state index contributed by atoms with van der Waals surface area (Å²) >= 11 is 0. The van der Waals surface area contributed by atoms with Crippen LogP contribution in [0, 0.1) is 0 Å². The predicted molar refractivity (Wildman–Crippen MR) is 69.6 cm³/mol. The normalized spacial score (nSPS) is 19.7. The van der Waals surface area contributed by atoms with Crippen LogP contribution in [0.25, 0.3) is 0 Å². The van der Waals surface area contributed by atoms with Crippen LogP contribution in [0.4, 0.5) is 0 Å². The van der Waals surface area contributed by atoms with Gasteiger partial charge in [-0.1, -0.05) is 6.07 Å². The molecule has 1 N–H and O–H groups in total. The van der Waals surface area contributed by atoms with Crippen molar-refractivity contribution in [2.24, 2.45) is 0 Å². The summed E-state index contributed by atoms with van der Waals surface area (Å²) in [6.07, 6.45) is 10.2. The van der Waals surface area contributed by atoms with E-state index in [4.69, 9.17) is 0 Å². The molecule has 17 heavy (non-hydrogen) atoms. The van der Waals surface area contributed by atoms with Crippen molar-refractivity contribution in [2.45, 2.75) is 18.9 Å². The Morgan fingerprint density at radius 3 is 2.59 bits per heavy atom. The van der Waals surface area contributed by atoms with Gasteiger partial charge in [-0.2, -0.15) is 0 Å². The van der Waals surface area contributed by atoms with Gasteiger partial charge in [0.1, 0.15) is 0 Å². The van der Waals surface area contributed by atoms with Crippen molar-refractivity contribution in [1.82, 2.24) is 14.9 Å². The van der Waals surface area contributed by atoms with Gasteiger partial charge in [0.25, 0.3) is 0 Å². The summed E-state index contributed by atoms with van der Waals surface area (Å²) < 4.78 is 0. The van der Waals surface area contributed by atoms with Crippen molar-refractivity contribution in [3.05, 3.63) is 54.6 Å². The molecule has 0 amide bonds. The van der Waals surface area contributed by atoms with E-state index in [9.17, 15) is 0 Å². The quantitative estimate of drug-likeness (QED) is 0.815. The first-order valence-corrected chi connectivity index (χ1v) is 6.06. The fourth-order valence-electron chi connectivity index (χ4n) is 2.18. The molecular formula is C14H19N3. The summed E-state index contributed by atoms with van der Waals surface area (Å²) in [5, 5.41) is 0. The lowest BCUT2D eigenvalue weighted by atomic mass is 10.1. The van der Waals surface area contributed by atoms with Crippen molar-refractivity contribution >= 4 is 0 Å². The summed E-state index contributed by atoms with van der Waals surface area (Å²) in [6, 6.07) is 8.68. The molecule has 0 bridgehead atoms. The van der Waals surface area contributed by atoms with Gasteiger partial charge in [-0.3, -0.25) is 9.88 Å². The molecule has 1 aliphatic heterocycles. The third kappa shape index (κ3) is 3.43. The smallest absolute Gasteiger partial charge is 0.0360 e. The Balaban J connectivity index is 0.000000181. The molecule has 2 aromatic heterocycles. The lowest BCUT2D eigenvalue weighted by Crippen LogP contribution is -2.17. The van der Waals surface area contributed by atoms with Gasteiger partial charge in [0.2, 0.25) is 0 Å². The van der Waals surface area contributed by atoms with Gasteiger partial charge in [0, 0.05) is 30.8 Å². The summed E-state index contributed by atoms with van der Waals surface area (Å²) in [5.41, 5.74) is 1.36. The molecule has 0 spiro atoms. The van der Waals surface area contributed by atoms with E-state index >= 15 is 0 Å². The maximum absolute atomic E-state index is 4.14. The first-order valence-electron chi connectivity index (χ1n) is 6.06. The number of nitrogens with one attached hydrogen (secondary N) is 1. The number of rotatable bonds is 1. The molecule has 0 saturated carbocycles. The number of nitrogens with zero attached hydrogens (tertiary/aromatic N) is 2. The lowest BCUT2D eigenvalue weighted by Gasteiger charge is -2.18. The van der Waals surface area contributed by atoms with Crippen molar-refractivity contribution in [2.75, 3.05) is 13.6 Å². The van der Waals surface area contributed by atoms with Gasteiger partial charge in [0.05, 0.1) is 0 Å². The molecular weight excluding hydrogens is 210 g/mol. The first kappa shape index (κ1) is 11.9. The Morgan fingerprint density at radius 1 is 1.29 bits per heavy atom. The first-order chi connectivity index (χ1) is 8.38. The zero-order chi connectivity index (χ0) is 11.9. The molecule has 1 aliphatic rings. The Labute approximate surface area is 103 Å². The zero-order valence-corrected chi connectivity index (χ0v) is 10.2. The van der Waals surface area contributed by atoms with Crippen molar-refractivity contribution in [1.29, 1.82) is 0 Å². The number of aromatic nitrogens is 2. The monoisotopic (exact) mass is 229 g/mol. The Kier molecular flexibility index (Phi) is 4.33. The van der Waals surface area contributed by atoms with E-state index in [2.05, 4.69) is 28.0 Å². The number of H-pyrrole nitrogens is 1. The Morgan fingerprint density at radius 2 is 2.12 bits per heavy atom. The molecule has 0 aromatic carbocycles. The summed E-state index contributed by atoms with van der Waals surface area (Å²) in [6.45, 7) is 1.22. The highest BCUT2D eigenvalue weighted by molar-refractivity contribution is 5.14. The second kappa shape index (κ2) is 6.21. The number of aromatic amines is 1. The molecule has 3 heterocycles. The molecule has 1 saturated heterocycles. The van der Waals surface area contributed by atoms with Crippen LogP contribution in [0.3, 0.4) is 0 Å². The van der Waals surface area contributed by atoms with Crippen molar-refractivity contribution < 1.29 is 0 Å². The van der Waals surface area contributed by atoms with Crippen LogP contribution < -0.4 is 0 Å². The third-order valence-electron chi connectivity index (χ3n) is 3.09. The summed E-state index contributed by atoms with van der Waals surface area (Å²) in [4.78, 5) is 9.40. The van der Waals surface area contributed by atoms with Crippen LogP contribution in [0.1, 0.15) is 24.4 Å². The van der Waals surface area contributed by atoms with Crippen LogP contribution in [-0.2, 0) is 0 Å². The standard InChI is InChI=1S/C10H14N2.C4H5N/c1-12-7-3-5-10(12)9-4-2-6-11-8-9;1-2-4-5-3-1/h2,4,6,8,10H,3,5,7H2,1H3;1-5H. The van der Waals surface area contributed by atoms with E-state index in [0.717, 1.165) is 0 Å². The molecule has 1 unspecified atom stereocenters. The highest BCUT2D eigenvalue weighted by atomic mass is 15.1. The maximum atomic E-state index is 4.14. The SMILES string of the molecule is CN1CCCC1c1cccnc1.c1cc[nH]c1. The zero-order valence-electron chi connectivity index (χ0n) is 10.2. The number of likely N-dealkylation sites (tertiary alicyclic amines) is 1. The molecule has 1 atom stereocenters. The fourth-order valence-corrected chi connectivity index (χ4v) is 2.18. The second-order valence-electron chi connectivity index (χ2n) is 4.31. The van der Waals surface area contributed by atoms with Crippen LogP contribution in [0.15, 0.2) is 49.1 Å². The average Bonchev–Trinajstić information content (AvgIpc) is 3.03. The molecule has 1 fully saturated rings. The molecule has 3 heteroatoms. The van der Waals surface area contributed by atoms with Crippen molar-refractivity contribution in [3.63, 3.8) is 0 Å². The second-order valence-corrected chi connectivity index (χ2v) is 4.31. The van der Waals surface area contributed by atoms with Crippen LogP contribution in [-0.4, -0.2) is 28.5 Å². The topological polar surface area (TPSA) is 31.9 Å². The van der Waals surface area contributed by atoms with Gasteiger partial charge >= 0.3 is 0 Å². The van der Waals surface area contributed by atoms with Crippen LogP contribution >= 0.6 is 0 Å². The number of hydrogen-bond donors (Lipinski definition) is 1. The fraction of sp³-hybridized carbons (Fsp3) is 0.357. The predicted octanol–water partition coefficient (Wildman–Crippen LogP) is 2.86. The van der Waals surface area contributed by atoms with E-state index in [1.807, 2.05) is 43.0 Å². The van der Waals surface area contributed by atoms with Gasteiger partial charge < -0.3 is 4.98 Å².